The smallest absolute Gasteiger partial charge is 0.141 e. The van der Waals surface area contributed by atoms with Crippen molar-refractivity contribution in [3.63, 3.8) is 0 Å². The number of halogens is 1. The number of aryl methyl sites for hydroxylation is 2. The molecular formula is C13H18FN5. The predicted octanol–water partition coefficient (Wildman–Crippen LogP) is 1.49. The summed E-state index contributed by atoms with van der Waals surface area (Å²) in [6, 6.07) is 4.88. The van der Waals surface area contributed by atoms with Crippen LogP contribution in [0.25, 0.3) is 0 Å². The third-order valence-corrected chi connectivity index (χ3v) is 3.01. The van der Waals surface area contributed by atoms with E-state index < -0.39 is 0 Å². The molecule has 0 radical (unpaired) electrons. The lowest BCUT2D eigenvalue weighted by atomic mass is 10.1. The summed E-state index contributed by atoms with van der Waals surface area (Å²) < 4.78 is 14.8. The number of aromatic nitrogens is 3. The second kappa shape index (κ2) is 5.90. The molecule has 3 N–H and O–H groups in total. The first kappa shape index (κ1) is 13.6. The Morgan fingerprint density at radius 3 is 2.84 bits per heavy atom. The van der Waals surface area contributed by atoms with Crippen molar-refractivity contribution in [2.24, 2.45) is 5.84 Å². The fourth-order valence-electron chi connectivity index (χ4n) is 2.09. The highest BCUT2D eigenvalue weighted by Crippen LogP contribution is 2.17. The molecule has 6 heteroatoms. The van der Waals surface area contributed by atoms with Gasteiger partial charge in [-0.25, -0.2) is 4.39 Å². The molecule has 2 aromatic rings. The van der Waals surface area contributed by atoms with Crippen molar-refractivity contribution in [3.8, 4) is 0 Å². The molecule has 5 nitrogen and oxygen atoms in total. The minimum atomic E-state index is -0.353. The number of hydrogen-bond donors (Lipinski definition) is 2. The summed E-state index contributed by atoms with van der Waals surface area (Å²) in [6.07, 6.45) is 1.85. The topological polar surface area (TPSA) is 68.8 Å². The maximum Gasteiger partial charge on any atom is 0.141 e. The highest BCUT2D eigenvalue weighted by atomic mass is 19.1. The Hall–Kier alpha value is -1.79. The van der Waals surface area contributed by atoms with Crippen LogP contribution in [0.5, 0.6) is 0 Å². The highest BCUT2D eigenvalue weighted by Gasteiger charge is 2.15. The van der Waals surface area contributed by atoms with Gasteiger partial charge in [-0.15, -0.1) is 0 Å². The Balaban J connectivity index is 2.21. The van der Waals surface area contributed by atoms with Crippen molar-refractivity contribution in [1.82, 2.24) is 20.2 Å². The molecule has 0 amide bonds. The van der Waals surface area contributed by atoms with Crippen molar-refractivity contribution >= 4 is 0 Å². The van der Waals surface area contributed by atoms with Crippen LogP contribution in [0.1, 0.15) is 30.0 Å². The van der Waals surface area contributed by atoms with Crippen LogP contribution < -0.4 is 11.3 Å². The Bertz CT molecular complexity index is 534. The van der Waals surface area contributed by atoms with Gasteiger partial charge in [0.05, 0.1) is 23.6 Å². The summed E-state index contributed by atoms with van der Waals surface area (Å²) >= 11 is 0. The van der Waals surface area contributed by atoms with Gasteiger partial charge in [0, 0.05) is 18.7 Å². The summed E-state index contributed by atoms with van der Waals surface area (Å²) in [5, 5.41) is 4.39. The van der Waals surface area contributed by atoms with Gasteiger partial charge in [-0.05, 0) is 32.0 Å². The van der Waals surface area contributed by atoms with Gasteiger partial charge in [0.25, 0.3) is 0 Å². The Morgan fingerprint density at radius 2 is 2.26 bits per heavy atom. The maximum absolute atomic E-state index is 12.9. The largest absolute Gasteiger partial charge is 0.271 e. The molecule has 102 valence electrons. The van der Waals surface area contributed by atoms with Crippen LogP contribution in [0, 0.1) is 12.7 Å². The van der Waals surface area contributed by atoms with E-state index in [0.29, 0.717) is 12.1 Å². The number of hydrogen-bond acceptors (Lipinski definition) is 4. The van der Waals surface area contributed by atoms with Crippen molar-refractivity contribution in [3.05, 3.63) is 47.3 Å². The normalized spacial score (nSPS) is 12.6. The minimum Gasteiger partial charge on any atom is -0.271 e. The third kappa shape index (κ3) is 3.15. The zero-order valence-electron chi connectivity index (χ0n) is 11.1. The van der Waals surface area contributed by atoms with Gasteiger partial charge in [-0.1, -0.05) is 0 Å². The number of pyridine rings is 1. The predicted molar refractivity (Wildman–Crippen MR) is 70.6 cm³/mol. The lowest BCUT2D eigenvalue weighted by Crippen LogP contribution is -2.30. The number of nitrogens with one attached hydrogen (secondary N) is 1. The van der Waals surface area contributed by atoms with E-state index in [1.54, 1.807) is 6.07 Å². The first-order chi connectivity index (χ1) is 9.13. The summed E-state index contributed by atoms with van der Waals surface area (Å²) in [5.74, 6) is 5.22. The first-order valence-corrected chi connectivity index (χ1v) is 6.25. The maximum atomic E-state index is 12.9. The van der Waals surface area contributed by atoms with Gasteiger partial charge in [-0.2, -0.15) is 5.10 Å². The van der Waals surface area contributed by atoms with E-state index in [4.69, 9.17) is 5.84 Å². The van der Waals surface area contributed by atoms with E-state index in [0.717, 1.165) is 17.9 Å². The van der Waals surface area contributed by atoms with Crippen LogP contribution in [0.15, 0.2) is 24.4 Å². The molecule has 0 fully saturated rings. The molecular weight excluding hydrogens is 245 g/mol. The fourth-order valence-corrected chi connectivity index (χ4v) is 2.09. The Morgan fingerprint density at radius 1 is 1.47 bits per heavy atom. The van der Waals surface area contributed by atoms with E-state index in [1.807, 2.05) is 24.6 Å². The average Bonchev–Trinajstić information content (AvgIpc) is 2.77. The fraction of sp³-hybridized carbons (Fsp3) is 0.385. The lowest BCUT2D eigenvalue weighted by Gasteiger charge is -2.15. The van der Waals surface area contributed by atoms with E-state index in [1.165, 1.54) is 12.3 Å². The summed E-state index contributed by atoms with van der Waals surface area (Å²) in [6.45, 7) is 4.80. The molecule has 2 rings (SSSR count). The van der Waals surface area contributed by atoms with Gasteiger partial charge in [0.15, 0.2) is 0 Å². The molecule has 1 unspecified atom stereocenters. The zero-order chi connectivity index (χ0) is 13.8. The summed E-state index contributed by atoms with van der Waals surface area (Å²) in [7, 11) is 0. The van der Waals surface area contributed by atoms with Gasteiger partial charge < -0.3 is 0 Å². The lowest BCUT2D eigenvalue weighted by molar-refractivity contribution is 0.504. The zero-order valence-corrected chi connectivity index (χ0v) is 11.1. The van der Waals surface area contributed by atoms with Crippen LogP contribution in [0.2, 0.25) is 0 Å². The molecule has 0 bridgehead atoms. The molecule has 2 heterocycles. The first-order valence-electron chi connectivity index (χ1n) is 6.25. The van der Waals surface area contributed by atoms with Gasteiger partial charge in [-0.3, -0.25) is 20.9 Å². The van der Waals surface area contributed by atoms with Gasteiger partial charge in [0.1, 0.15) is 5.82 Å². The van der Waals surface area contributed by atoms with Crippen LogP contribution in [-0.4, -0.2) is 14.8 Å². The molecule has 0 spiro atoms. The molecule has 0 aliphatic rings. The molecule has 0 aliphatic heterocycles. The van der Waals surface area contributed by atoms with Crippen molar-refractivity contribution in [1.29, 1.82) is 0 Å². The van der Waals surface area contributed by atoms with Crippen LogP contribution in [-0.2, 0) is 13.0 Å². The number of nitrogens with two attached hydrogens (primary N) is 1. The van der Waals surface area contributed by atoms with E-state index >= 15 is 0 Å². The standard InChI is InChI=1S/C13H18FN5/c1-3-19-11(6-9(2)18-19)7-13(17-15)12-5-4-10(14)8-16-12/h4-6,8,13,17H,3,7,15H2,1-2H3. The Labute approximate surface area is 111 Å². The van der Waals surface area contributed by atoms with E-state index in [-0.39, 0.29) is 11.9 Å². The van der Waals surface area contributed by atoms with E-state index in [2.05, 4.69) is 15.5 Å². The second-order valence-corrected chi connectivity index (χ2v) is 4.42. The minimum absolute atomic E-state index is 0.165. The summed E-state index contributed by atoms with van der Waals surface area (Å²) in [4.78, 5) is 4.06. The van der Waals surface area contributed by atoms with Crippen LogP contribution in [0.4, 0.5) is 4.39 Å². The monoisotopic (exact) mass is 263 g/mol. The quantitative estimate of drug-likeness (QED) is 0.633. The molecule has 0 saturated heterocycles. The molecule has 0 saturated carbocycles. The highest BCUT2D eigenvalue weighted by molar-refractivity contribution is 5.16. The number of hydrazine groups is 1. The van der Waals surface area contributed by atoms with Crippen molar-refractivity contribution in [2.75, 3.05) is 0 Å². The van der Waals surface area contributed by atoms with Crippen molar-refractivity contribution < 1.29 is 4.39 Å². The SMILES string of the molecule is CCn1nc(C)cc1CC(NN)c1ccc(F)cn1. The van der Waals surface area contributed by atoms with Gasteiger partial charge in [0.2, 0.25) is 0 Å². The molecule has 1 atom stereocenters. The molecule has 0 aromatic carbocycles. The van der Waals surface area contributed by atoms with Gasteiger partial charge >= 0.3 is 0 Å². The second-order valence-electron chi connectivity index (χ2n) is 4.42. The molecule has 0 aliphatic carbocycles. The number of rotatable bonds is 5. The summed E-state index contributed by atoms with van der Waals surface area (Å²) in [5.41, 5.74) is 5.48. The molecule has 2 aromatic heterocycles. The average molecular weight is 263 g/mol. The molecule has 19 heavy (non-hydrogen) atoms. The van der Waals surface area contributed by atoms with Crippen LogP contribution >= 0.6 is 0 Å². The van der Waals surface area contributed by atoms with Crippen molar-refractivity contribution in [2.45, 2.75) is 32.9 Å². The third-order valence-electron chi connectivity index (χ3n) is 3.01. The van der Waals surface area contributed by atoms with E-state index in [9.17, 15) is 4.39 Å². The number of nitrogens with zero attached hydrogens (tertiary/aromatic N) is 3. The van der Waals surface area contributed by atoms with Crippen LogP contribution in [0.3, 0.4) is 0 Å². The Kier molecular flexibility index (Phi) is 4.24.